The van der Waals surface area contributed by atoms with Gasteiger partial charge in [0.2, 0.25) is 81.1 Å². The van der Waals surface area contributed by atoms with Crippen molar-refractivity contribution in [3.8, 4) is 28.7 Å². The molecule has 1 unspecified atom stereocenters. The third-order valence-corrected chi connectivity index (χ3v) is 15.1. The molecule has 5 aliphatic heterocycles. The molecule has 30 nitrogen and oxygen atoms in total. The van der Waals surface area contributed by atoms with E-state index >= 15 is 0 Å². The first-order valence-electron chi connectivity index (χ1n) is 31.4. The van der Waals surface area contributed by atoms with E-state index in [1.165, 1.54) is 0 Å². The van der Waals surface area contributed by atoms with Gasteiger partial charge < -0.3 is 94.7 Å². The topological polar surface area (TPSA) is 355 Å². The molecule has 0 N–H and O–H groups in total. The lowest BCUT2D eigenvalue weighted by atomic mass is 9.87. The Morgan fingerprint density at radius 1 is 0.322 bits per heavy atom. The Morgan fingerprint density at radius 2 is 0.593 bits per heavy atom. The molecule has 1 atom stereocenters. The number of halogens is 21. The van der Waals surface area contributed by atoms with E-state index in [0.717, 1.165) is 27.7 Å². The zero-order chi connectivity index (χ0) is 86.9. The van der Waals surface area contributed by atoms with E-state index in [1.54, 1.807) is 13.8 Å². The summed E-state index contributed by atoms with van der Waals surface area (Å²) in [5.41, 5.74) is -5.16. The Morgan fingerprint density at radius 3 is 0.932 bits per heavy atom. The summed E-state index contributed by atoms with van der Waals surface area (Å²) in [6, 6.07) is 0. The summed E-state index contributed by atoms with van der Waals surface area (Å²) in [5, 5.41) is 0. The van der Waals surface area contributed by atoms with Crippen molar-refractivity contribution in [1.29, 1.82) is 0 Å². The van der Waals surface area contributed by atoms with Crippen molar-refractivity contribution in [3.63, 3.8) is 0 Å². The van der Waals surface area contributed by atoms with Crippen LogP contribution in [0, 0.1) is 167 Å². The molecule has 5 aromatic rings. The van der Waals surface area contributed by atoms with E-state index in [4.69, 9.17) is 14.2 Å². The van der Waals surface area contributed by atoms with Crippen LogP contribution in [0.25, 0.3) is 0 Å². The second-order valence-electron chi connectivity index (χ2n) is 23.7. The molecule has 0 bridgehead atoms. The number of hydrogen-bond acceptors (Lipinski definition) is 30. The quantitative estimate of drug-likeness (QED) is 0.0235. The molecule has 10 rings (SSSR count). The molecule has 0 aromatic heterocycles. The predicted octanol–water partition coefficient (Wildman–Crippen LogP) is 16.0. The first-order chi connectivity index (χ1) is 54.3. The summed E-state index contributed by atoms with van der Waals surface area (Å²) < 4.78 is 368. The Bertz CT molecular complexity index is 4440. The highest BCUT2D eigenvalue weighted by molar-refractivity contribution is 5.68. The lowest BCUT2D eigenvalue weighted by Gasteiger charge is -2.33. The molecule has 5 saturated heterocycles. The van der Waals surface area contributed by atoms with Gasteiger partial charge in [-0.3, -0.25) is 0 Å². The second-order valence-corrected chi connectivity index (χ2v) is 23.7. The SMILES string of the molecule is C.C.CCC1(COC(=O)Oc2c(F)c(C)c(F)c(F)c2F)COC(=O)OC1.Cc1c(F)c(F)c(F)c(OC(=O)OCC2(C)COC(=O)OC2)c1F.Cc1c(F)c(F)c(F)c(OC(=O)OCC2COC(=O)O2)c1F.Cc1c(F)c(F)c(F)c(OC(=O)OCC2COC(=O)OC2)c1F.O=C1OCC(OC(=O)Oc2c(F)c(F)c(F)c(F)c2F)CO1. The van der Waals surface area contributed by atoms with Crippen molar-refractivity contribution in [2.75, 3.05) is 85.9 Å². The van der Waals surface area contributed by atoms with Crippen LogP contribution >= 0.6 is 0 Å². The average Bonchev–Trinajstić information content (AvgIpc) is 0.866. The minimum atomic E-state index is -2.40. The fourth-order valence-electron chi connectivity index (χ4n) is 8.43. The monoisotopic (exact) mass is 1740 g/mol. The van der Waals surface area contributed by atoms with Gasteiger partial charge in [0.25, 0.3) is 0 Å². The average molecular weight is 1740 g/mol. The minimum Gasteiger partial charge on any atom is -0.434 e. The number of rotatable bonds is 15. The normalized spacial score (nSPS) is 15.6. The third kappa shape index (κ3) is 24.7. The number of carbonyl (C=O) groups excluding carboxylic acids is 10. The Labute approximate surface area is 646 Å². The zero-order valence-electron chi connectivity index (χ0n) is 58.8. The summed E-state index contributed by atoms with van der Waals surface area (Å²) in [6.45, 7) is 3.47. The van der Waals surface area contributed by atoms with Gasteiger partial charge >= 0.3 is 61.6 Å². The van der Waals surface area contributed by atoms with E-state index in [1.807, 2.05) is 0 Å². The lowest BCUT2D eigenvalue weighted by molar-refractivity contribution is -0.0865. The molecule has 5 heterocycles. The molecule has 0 aliphatic carbocycles. The largest absolute Gasteiger partial charge is 0.514 e. The van der Waals surface area contributed by atoms with Gasteiger partial charge in [0.15, 0.2) is 82.0 Å². The van der Waals surface area contributed by atoms with Crippen LogP contribution in [-0.4, -0.2) is 160 Å². The van der Waals surface area contributed by atoms with Crippen LogP contribution in [0.15, 0.2) is 0 Å². The first kappa shape index (κ1) is 97.7. The number of cyclic esters (lactones) is 10. The second kappa shape index (κ2) is 42.3. The van der Waals surface area contributed by atoms with E-state index in [-0.39, 0.29) is 80.9 Å². The van der Waals surface area contributed by atoms with Crippen molar-refractivity contribution in [3.05, 3.63) is 144 Å². The van der Waals surface area contributed by atoms with Gasteiger partial charge in [-0.2, -0.15) is 26.3 Å². The van der Waals surface area contributed by atoms with Gasteiger partial charge in [0.1, 0.15) is 85.9 Å². The highest BCUT2D eigenvalue weighted by atomic mass is 19.2. The van der Waals surface area contributed by atoms with Crippen molar-refractivity contribution < 1.29 is 235 Å². The Kier molecular flexibility index (Phi) is 35.0. The fourth-order valence-corrected chi connectivity index (χ4v) is 8.43. The smallest absolute Gasteiger partial charge is 0.434 e. The first-order valence-corrected chi connectivity index (χ1v) is 31.4. The highest BCUT2D eigenvalue weighted by Crippen LogP contribution is 2.37. The maximum Gasteiger partial charge on any atom is 0.514 e. The summed E-state index contributed by atoms with van der Waals surface area (Å²) >= 11 is 0. The minimum absolute atomic E-state index is 0. The van der Waals surface area contributed by atoms with Crippen LogP contribution in [0.2, 0.25) is 0 Å². The van der Waals surface area contributed by atoms with Crippen molar-refractivity contribution in [2.24, 2.45) is 16.7 Å². The fraction of sp³-hybridized carbons (Fsp3) is 0.403. The molecule has 5 aliphatic rings. The lowest BCUT2D eigenvalue weighted by Crippen LogP contribution is -2.43. The van der Waals surface area contributed by atoms with Crippen LogP contribution in [0.3, 0.4) is 0 Å². The molecule has 5 fully saturated rings. The van der Waals surface area contributed by atoms with E-state index < -0.39 is 283 Å². The van der Waals surface area contributed by atoms with Crippen LogP contribution in [-0.2, 0) is 71.1 Å². The molecule has 0 amide bonds. The van der Waals surface area contributed by atoms with Crippen LogP contribution in [0.1, 0.15) is 57.4 Å². The van der Waals surface area contributed by atoms with Gasteiger partial charge in [-0.05, 0) is 41.0 Å². The van der Waals surface area contributed by atoms with Crippen LogP contribution < -0.4 is 23.7 Å². The predicted molar refractivity (Wildman–Crippen MR) is 332 cm³/mol. The Hall–Kier alpha value is -12.7. The van der Waals surface area contributed by atoms with Crippen LogP contribution in [0.4, 0.5) is 140 Å². The maximum absolute atomic E-state index is 13.8. The van der Waals surface area contributed by atoms with Gasteiger partial charge in [-0.25, -0.2) is 114 Å². The molecule has 0 spiro atoms. The van der Waals surface area contributed by atoms with Crippen LogP contribution in [0.5, 0.6) is 28.7 Å². The number of hydrogen-bond donors (Lipinski definition) is 0. The van der Waals surface area contributed by atoms with Gasteiger partial charge in [-0.15, -0.1) is 0 Å². The summed E-state index contributed by atoms with van der Waals surface area (Å²) in [5.74, 6) is -48.6. The molecular formula is C67H57F21O30. The highest BCUT2D eigenvalue weighted by Gasteiger charge is 2.41. The van der Waals surface area contributed by atoms with Gasteiger partial charge in [-0.1, -0.05) is 21.8 Å². The molecular weight excluding hydrogens is 1680 g/mol. The summed E-state index contributed by atoms with van der Waals surface area (Å²) in [4.78, 5) is 111. The van der Waals surface area contributed by atoms with Crippen molar-refractivity contribution in [1.82, 2.24) is 0 Å². The third-order valence-electron chi connectivity index (χ3n) is 15.1. The maximum atomic E-state index is 13.8. The number of carbonyl (C=O) groups is 10. The molecule has 0 radical (unpaired) electrons. The molecule has 5 aromatic carbocycles. The van der Waals surface area contributed by atoms with Gasteiger partial charge in [0, 0.05) is 22.3 Å². The van der Waals surface area contributed by atoms with E-state index in [2.05, 4.69) is 80.5 Å². The van der Waals surface area contributed by atoms with E-state index in [0.29, 0.717) is 6.42 Å². The molecule has 51 heteroatoms. The number of benzene rings is 5. The standard InChI is InChI=1S/C15H14F4O6.C14H12F4O6.C13H10F4O6.C12H8F4O6.C11H5F5O6.2CH4/c1-3-15(4-22-13(20)23-5-15)6-24-14(21)25-12-9(17)7(2)8(16)10(18)11(12)19;1-6-7(15)9(17)10(18)11(8(6)16)24-13(20)23-5-14(2)3-21-12(19)22-4-14;1-5-7(14)9(16)10(17)11(8(5)15)23-13(19)22-4-6-2-20-12(18)21-3-6;1-4-6(13)8(15)9(16)10(7(4)14)22-12(18)20-3-5-2-19-11(17)21-5;12-4-5(13)7(15)9(8(16)6(4)14)22-11(18)21-3-1-19-10(17)20-2-3;;/h3-6H2,1-2H3;3-5H2,1-2H3;6H,2-4H2,1H3;5H,2-3H2,1H3;3H,1-2H2;2*1H4. The summed E-state index contributed by atoms with van der Waals surface area (Å²) in [7, 11) is 0. The van der Waals surface area contributed by atoms with E-state index in [9.17, 15) is 140 Å². The Balaban J connectivity index is 0.000000309. The molecule has 652 valence electrons. The van der Waals surface area contributed by atoms with Crippen molar-refractivity contribution in [2.45, 2.75) is 75.0 Å². The molecule has 118 heavy (non-hydrogen) atoms. The zero-order valence-corrected chi connectivity index (χ0v) is 58.8. The van der Waals surface area contributed by atoms with Gasteiger partial charge in [0.05, 0.1) is 16.7 Å². The number of ether oxygens (including phenoxy) is 20. The molecule has 0 saturated carbocycles. The van der Waals surface area contributed by atoms with Crippen molar-refractivity contribution >= 4 is 61.6 Å². The summed E-state index contributed by atoms with van der Waals surface area (Å²) in [6.07, 6.45) is -14.2.